The van der Waals surface area contributed by atoms with E-state index in [0.29, 0.717) is 23.5 Å². The van der Waals surface area contributed by atoms with Gasteiger partial charge in [-0.05, 0) is 54.8 Å². The molecule has 0 aromatic heterocycles. The van der Waals surface area contributed by atoms with Crippen LogP contribution in [0.1, 0.15) is 16.8 Å². The Bertz CT molecular complexity index is 818. The fourth-order valence-electron chi connectivity index (χ4n) is 2.27. The predicted molar refractivity (Wildman–Crippen MR) is 109 cm³/mol. The van der Waals surface area contributed by atoms with Crippen LogP contribution in [0.2, 0.25) is 0 Å². The Labute approximate surface area is 172 Å². The van der Waals surface area contributed by atoms with Gasteiger partial charge in [-0.25, -0.2) is 4.39 Å². The molecule has 2 aromatic rings. The molecule has 0 aliphatic heterocycles. The maximum Gasteiger partial charge on any atom is 0.276 e. The summed E-state index contributed by atoms with van der Waals surface area (Å²) in [5.74, 6) is -0.963. The van der Waals surface area contributed by atoms with Gasteiger partial charge >= 0.3 is 0 Å². The molecule has 0 bridgehead atoms. The Kier molecular flexibility index (Phi) is 8.97. The minimum absolute atomic E-state index is 0.320. The van der Waals surface area contributed by atoms with E-state index in [-0.39, 0.29) is 12.5 Å². The molecule has 0 unspecified atom stereocenters. The third-order valence-electron chi connectivity index (χ3n) is 3.78. The molecule has 3 amide bonds. The number of thioether (sulfide) groups is 1. The Morgan fingerprint density at radius 1 is 1.03 bits per heavy atom. The van der Waals surface area contributed by atoms with Gasteiger partial charge in [0.1, 0.15) is 17.6 Å². The second-order valence-corrected chi connectivity index (χ2v) is 6.94. The SMILES string of the molecule is CSCC[C@H](NC(=O)c1ccccc1)C(=O)NNC(=O)COc1ccc(F)cc1. The van der Waals surface area contributed by atoms with Gasteiger partial charge in [-0.1, -0.05) is 18.2 Å². The first-order chi connectivity index (χ1) is 14.0. The summed E-state index contributed by atoms with van der Waals surface area (Å²) in [7, 11) is 0. The molecule has 0 fully saturated rings. The average molecular weight is 419 g/mol. The van der Waals surface area contributed by atoms with Gasteiger partial charge in [0.2, 0.25) is 0 Å². The zero-order valence-electron chi connectivity index (χ0n) is 15.8. The van der Waals surface area contributed by atoms with Crippen molar-refractivity contribution in [3.63, 3.8) is 0 Å². The summed E-state index contributed by atoms with van der Waals surface area (Å²) < 4.78 is 18.0. The van der Waals surface area contributed by atoms with Crippen molar-refractivity contribution in [1.29, 1.82) is 0 Å². The van der Waals surface area contributed by atoms with Crippen LogP contribution in [-0.2, 0) is 9.59 Å². The highest BCUT2D eigenvalue weighted by molar-refractivity contribution is 7.98. The monoisotopic (exact) mass is 419 g/mol. The number of carbonyl (C=O) groups excluding carboxylic acids is 3. The van der Waals surface area contributed by atoms with E-state index in [4.69, 9.17) is 4.74 Å². The van der Waals surface area contributed by atoms with Crippen molar-refractivity contribution < 1.29 is 23.5 Å². The van der Waals surface area contributed by atoms with E-state index in [1.807, 2.05) is 6.26 Å². The maximum absolute atomic E-state index is 12.8. The highest BCUT2D eigenvalue weighted by Crippen LogP contribution is 2.10. The van der Waals surface area contributed by atoms with E-state index in [2.05, 4.69) is 16.2 Å². The lowest BCUT2D eigenvalue weighted by Gasteiger charge is -2.18. The maximum atomic E-state index is 12.8. The van der Waals surface area contributed by atoms with Crippen LogP contribution >= 0.6 is 11.8 Å². The molecule has 2 rings (SSSR count). The van der Waals surface area contributed by atoms with Crippen molar-refractivity contribution in [2.75, 3.05) is 18.6 Å². The molecule has 0 aliphatic rings. The molecule has 0 aliphatic carbocycles. The summed E-state index contributed by atoms with van der Waals surface area (Å²) in [4.78, 5) is 36.6. The van der Waals surface area contributed by atoms with E-state index in [1.54, 1.807) is 30.3 Å². The number of nitrogens with one attached hydrogen (secondary N) is 3. The number of rotatable bonds is 9. The van der Waals surface area contributed by atoms with Crippen molar-refractivity contribution >= 4 is 29.5 Å². The molecule has 0 radical (unpaired) electrons. The number of ether oxygens (including phenoxy) is 1. The van der Waals surface area contributed by atoms with Crippen LogP contribution in [0.15, 0.2) is 54.6 Å². The molecule has 0 heterocycles. The molecule has 0 saturated carbocycles. The second kappa shape index (κ2) is 11.7. The Morgan fingerprint density at radius 3 is 2.38 bits per heavy atom. The third-order valence-corrected chi connectivity index (χ3v) is 4.42. The van der Waals surface area contributed by atoms with Crippen LogP contribution in [0.25, 0.3) is 0 Å². The zero-order chi connectivity index (χ0) is 21.1. The van der Waals surface area contributed by atoms with Crippen LogP contribution in [0.3, 0.4) is 0 Å². The number of benzene rings is 2. The van der Waals surface area contributed by atoms with Gasteiger partial charge in [0.15, 0.2) is 6.61 Å². The van der Waals surface area contributed by atoms with Crippen molar-refractivity contribution in [1.82, 2.24) is 16.2 Å². The number of hydrogen-bond donors (Lipinski definition) is 3. The summed E-state index contributed by atoms with van der Waals surface area (Å²) in [6, 6.07) is 12.9. The summed E-state index contributed by atoms with van der Waals surface area (Å²) in [5.41, 5.74) is 4.97. The summed E-state index contributed by atoms with van der Waals surface area (Å²) in [5, 5.41) is 2.67. The summed E-state index contributed by atoms with van der Waals surface area (Å²) >= 11 is 1.54. The van der Waals surface area contributed by atoms with Crippen LogP contribution in [0, 0.1) is 5.82 Å². The second-order valence-electron chi connectivity index (χ2n) is 5.95. The lowest BCUT2D eigenvalue weighted by Crippen LogP contribution is -2.53. The fourth-order valence-corrected chi connectivity index (χ4v) is 2.74. The average Bonchev–Trinajstić information content (AvgIpc) is 2.75. The van der Waals surface area contributed by atoms with Gasteiger partial charge in [0.25, 0.3) is 17.7 Å². The van der Waals surface area contributed by atoms with E-state index in [0.717, 1.165) is 0 Å². The largest absolute Gasteiger partial charge is 0.484 e. The van der Waals surface area contributed by atoms with Gasteiger partial charge < -0.3 is 10.1 Å². The molecule has 0 spiro atoms. The number of hydrogen-bond acceptors (Lipinski definition) is 5. The predicted octanol–water partition coefficient (Wildman–Crippen LogP) is 1.90. The van der Waals surface area contributed by atoms with E-state index in [1.165, 1.54) is 36.0 Å². The van der Waals surface area contributed by atoms with Crippen molar-refractivity contribution in [2.24, 2.45) is 0 Å². The molecule has 0 saturated heterocycles. The third kappa shape index (κ3) is 7.82. The van der Waals surface area contributed by atoms with Gasteiger partial charge in [0.05, 0.1) is 0 Å². The number of amides is 3. The van der Waals surface area contributed by atoms with E-state index < -0.39 is 23.7 Å². The van der Waals surface area contributed by atoms with Crippen LogP contribution in [-0.4, -0.2) is 42.4 Å². The molecular weight excluding hydrogens is 397 g/mol. The normalized spacial score (nSPS) is 11.2. The number of halogens is 1. The van der Waals surface area contributed by atoms with Gasteiger partial charge in [-0.3, -0.25) is 25.2 Å². The molecule has 1 atom stereocenters. The fraction of sp³-hybridized carbons (Fsp3) is 0.250. The molecule has 7 nitrogen and oxygen atoms in total. The topological polar surface area (TPSA) is 96.5 Å². The first-order valence-corrected chi connectivity index (χ1v) is 10.2. The number of carbonyl (C=O) groups is 3. The van der Waals surface area contributed by atoms with Gasteiger partial charge in [-0.2, -0.15) is 11.8 Å². The molecule has 3 N–H and O–H groups in total. The summed E-state index contributed by atoms with van der Waals surface area (Å²) in [6.07, 6.45) is 2.29. The number of hydrazine groups is 1. The minimum Gasteiger partial charge on any atom is -0.484 e. The molecule has 2 aromatic carbocycles. The zero-order valence-corrected chi connectivity index (χ0v) is 16.6. The minimum atomic E-state index is -0.812. The quantitative estimate of drug-likeness (QED) is 0.540. The first-order valence-electron chi connectivity index (χ1n) is 8.81. The smallest absolute Gasteiger partial charge is 0.276 e. The molecular formula is C20H22FN3O4S. The van der Waals surface area contributed by atoms with Gasteiger partial charge in [-0.15, -0.1) is 0 Å². The van der Waals surface area contributed by atoms with Crippen molar-refractivity contribution in [3.8, 4) is 5.75 Å². The van der Waals surface area contributed by atoms with Crippen molar-refractivity contribution in [3.05, 3.63) is 66.0 Å². The Balaban J connectivity index is 1.83. The Morgan fingerprint density at radius 2 is 1.72 bits per heavy atom. The van der Waals surface area contributed by atoms with E-state index >= 15 is 0 Å². The Hall–Kier alpha value is -3.07. The van der Waals surface area contributed by atoms with E-state index in [9.17, 15) is 18.8 Å². The molecule has 154 valence electrons. The summed E-state index contributed by atoms with van der Waals surface area (Å²) in [6.45, 7) is -0.363. The lowest BCUT2D eigenvalue weighted by molar-refractivity contribution is -0.130. The van der Waals surface area contributed by atoms with Crippen LogP contribution in [0.4, 0.5) is 4.39 Å². The standard InChI is InChI=1S/C20H22FN3O4S/c1-29-12-11-17(22-19(26)14-5-3-2-4-6-14)20(27)24-23-18(25)13-28-16-9-7-15(21)8-10-16/h2-10,17H,11-13H2,1H3,(H,22,26)(H,23,25)(H,24,27)/t17-/m0/s1. The van der Waals surface area contributed by atoms with Crippen molar-refractivity contribution in [2.45, 2.75) is 12.5 Å². The molecule has 29 heavy (non-hydrogen) atoms. The molecule has 9 heteroatoms. The highest BCUT2D eigenvalue weighted by atomic mass is 32.2. The van der Waals surface area contributed by atoms with Gasteiger partial charge in [0, 0.05) is 5.56 Å². The first kappa shape index (κ1) is 22.2. The van der Waals surface area contributed by atoms with Crippen LogP contribution < -0.4 is 20.9 Å². The highest BCUT2D eigenvalue weighted by Gasteiger charge is 2.21. The lowest BCUT2D eigenvalue weighted by atomic mass is 10.1. The van der Waals surface area contributed by atoms with Crippen LogP contribution in [0.5, 0.6) is 5.75 Å².